The molecule has 6 aromatic carbocycles. The zero-order valence-electron chi connectivity index (χ0n) is 29.9. The van der Waals surface area contributed by atoms with Crippen LogP contribution in [0.2, 0.25) is 0 Å². The maximum atomic E-state index is 9.35. The van der Waals surface area contributed by atoms with Crippen LogP contribution in [0, 0.1) is 29.1 Å². The molecule has 52 heavy (non-hydrogen) atoms. The zero-order valence-corrected chi connectivity index (χ0v) is 29.9. The van der Waals surface area contributed by atoms with E-state index in [0.717, 1.165) is 34.4 Å². The molecule has 1 heterocycles. The minimum atomic E-state index is 0.330. The molecule has 1 unspecified atom stereocenters. The molecular weight excluding hydrogens is 633 g/mol. The SMILES string of the molecule is CC[C@@H]1C[C@@H]2C[C@H](C)CC(c3ccc(-c4cc5ccc(-c6nc(-c7ccccc7)nc(-c7ccc(C#N)cc7)n6)cc5c5ccccc45)cc3)(C1)C2. The van der Waals surface area contributed by atoms with Gasteiger partial charge in [0.1, 0.15) is 0 Å². The lowest BCUT2D eigenvalue weighted by molar-refractivity contribution is 0.0702. The second kappa shape index (κ2) is 13.1. The molecule has 4 atom stereocenters. The summed E-state index contributed by atoms with van der Waals surface area (Å²) in [5.74, 6) is 4.34. The van der Waals surface area contributed by atoms with E-state index in [1.807, 2.05) is 42.5 Å². The molecule has 2 fully saturated rings. The lowest BCUT2D eigenvalue weighted by Crippen LogP contribution is -2.42. The number of nitrogens with zero attached hydrogens (tertiary/aromatic N) is 4. The van der Waals surface area contributed by atoms with Gasteiger partial charge in [-0.3, -0.25) is 0 Å². The molecule has 0 N–H and O–H groups in total. The van der Waals surface area contributed by atoms with Gasteiger partial charge in [0.05, 0.1) is 11.6 Å². The molecule has 2 bridgehead atoms. The Morgan fingerprint density at radius 3 is 1.96 bits per heavy atom. The Hall–Kier alpha value is -5.66. The standard InChI is InChI=1S/C48H42N4/c1-3-32-24-34-23-31(2)27-48(28-32,29-34)40-21-19-35(20-22-40)43-25-38-17-18-39(26-44(38)42-12-8-7-11-41(42)43)47-51-45(36-9-5-4-6-10-36)50-46(52-47)37-15-13-33(30-49)14-16-37/h4-22,25-26,31-32,34H,3,23-24,27-29H2,1-2H3/t31-,32+,34-,48?/m0/s1. The maximum Gasteiger partial charge on any atom is 0.164 e. The second-order valence-electron chi connectivity index (χ2n) is 15.5. The third-order valence-corrected chi connectivity index (χ3v) is 11.9. The van der Waals surface area contributed by atoms with Crippen molar-refractivity contribution in [3.63, 3.8) is 0 Å². The van der Waals surface area contributed by atoms with E-state index in [1.165, 1.54) is 71.2 Å². The molecule has 2 aliphatic rings. The number of hydrogen-bond donors (Lipinski definition) is 0. The Morgan fingerprint density at radius 1 is 0.615 bits per heavy atom. The molecule has 9 rings (SSSR count). The summed E-state index contributed by atoms with van der Waals surface area (Å²) in [7, 11) is 0. The molecule has 2 aliphatic carbocycles. The quantitative estimate of drug-likeness (QED) is 0.165. The molecule has 4 heteroatoms. The zero-order chi connectivity index (χ0) is 35.2. The highest BCUT2D eigenvalue weighted by Gasteiger charge is 2.45. The first kappa shape index (κ1) is 32.3. The van der Waals surface area contributed by atoms with Gasteiger partial charge in [0.15, 0.2) is 17.5 Å². The Kier molecular flexibility index (Phi) is 8.16. The van der Waals surface area contributed by atoms with Crippen molar-refractivity contribution in [2.75, 3.05) is 0 Å². The van der Waals surface area contributed by atoms with Crippen LogP contribution in [0.3, 0.4) is 0 Å². The third kappa shape index (κ3) is 5.85. The average molecular weight is 675 g/mol. The minimum Gasteiger partial charge on any atom is -0.208 e. The topological polar surface area (TPSA) is 62.5 Å². The minimum absolute atomic E-state index is 0.330. The fourth-order valence-electron chi connectivity index (χ4n) is 9.68. The van der Waals surface area contributed by atoms with Gasteiger partial charge in [-0.25, -0.2) is 15.0 Å². The Balaban J connectivity index is 1.13. The molecule has 0 spiro atoms. The van der Waals surface area contributed by atoms with Crippen molar-refractivity contribution in [2.45, 2.75) is 57.8 Å². The molecule has 0 saturated heterocycles. The van der Waals surface area contributed by atoms with E-state index in [1.54, 1.807) is 17.7 Å². The van der Waals surface area contributed by atoms with Crippen LogP contribution in [0.4, 0.5) is 0 Å². The lowest BCUT2D eigenvalue weighted by Gasteiger charge is -2.51. The van der Waals surface area contributed by atoms with Crippen molar-refractivity contribution in [1.29, 1.82) is 5.26 Å². The van der Waals surface area contributed by atoms with Crippen LogP contribution in [0.15, 0.2) is 127 Å². The van der Waals surface area contributed by atoms with E-state index in [2.05, 4.69) is 92.7 Å². The van der Waals surface area contributed by atoms with Crippen LogP contribution in [0.1, 0.15) is 63.5 Å². The monoisotopic (exact) mass is 674 g/mol. The van der Waals surface area contributed by atoms with E-state index in [4.69, 9.17) is 15.0 Å². The normalized spacial score (nSPS) is 21.2. The highest BCUT2D eigenvalue weighted by atomic mass is 15.0. The Bertz CT molecular complexity index is 2460. The summed E-state index contributed by atoms with van der Waals surface area (Å²) in [5, 5.41) is 14.2. The van der Waals surface area contributed by atoms with Crippen LogP contribution in [0.5, 0.6) is 0 Å². The second-order valence-corrected chi connectivity index (χ2v) is 15.5. The number of benzene rings is 6. The average Bonchev–Trinajstić information content (AvgIpc) is 3.20. The summed E-state index contributed by atoms with van der Waals surface area (Å²) < 4.78 is 0. The van der Waals surface area contributed by atoms with Gasteiger partial charge >= 0.3 is 0 Å². The van der Waals surface area contributed by atoms with Crippen molar-refractivity contribution in [3.05, 3.63) is 139 Å². The number of hydrogen-bond acceptors (Lipinski definition) is 4. The van der Waals surface area contributed by atoms with Gasteiger partial charge in [-0.2, -0.15) is 5.26 Å². The molecule has 4 nitrogen and oxygen atoms in total. The van der Waals surface area contributed by atoms with Gasteiger partial charge in [-0.1, -0.05) is 111 Å². The van der Waals surface area contributed by atoms with Gasteiger partial charge in [0.25, 0.3) is 0 Å². The summed E-state index contributed by atoms with van der Waals surface area (Å²) in [6.07, 6.45) is 8.15. The summed E-state index contributed by atoms with van der Waals surface area (Å²) >= 11 is 0. The molecule has 0 radical (unpaired) electrons. The highest BCUT2D eigenvalue weighted by molar-refractivity contribution is 6.14. The van der Waals surface area contributed by atoms with Crippen molar-refractivity contribution in [1.82, 2.24) is 15.0 Å². The van der Waals surface area contributed by atoms with Crippen LogP contribution in [-0.2, 0) is 5.41 Å². The van der Waals surface area contributed by atoms with E-state index >= 15 is 0 Å². The number of rotatable bonds is 6. The fourth-order valence-corrected chi connectivity index (χ4v) is 9.68. The van der Waals surface area contributed by atoms with E-state index in [0.29, 0.717) is 28.5 Å². The predicted octanol–water partition coefficient (Wildman–Crippen LogP) is 12.2. The number of fused-ring (bicyclic) bond motifs is 5. The van der Waals surface area contributed by atoms with Crippen molar-refractivity contribution >= 4 is 21.5 Å². The molecule has 1 aromatic heterocycles. The van der Waals surface area contributed by atoms with Crippen LogP contribution in [0.25, 0.3) is 66.8 Å². The summed E-state index contributed by atoms with van der Waals surface area (Å²) in [5.41, 5.74) is 7.71. The van der Waals surface area contributed by atoms with Crippen LogP contribution < -0.4 is 0 Å². The molecule has 254 valence electrons. The Morgan fingerprint density at radius 2 is 1.25 bits per heavy atom. The summed E-state index contributed by atoms with van der Waals surface area (Å²) in [6, 6.07) is 47.0. The van der Waals surface area contributed by atoms with Gasteiger partial charge < -0.3 is 0 Å². The molecule has 0 aliphatic heterocycles. The molecule has 0 amide bonds. The Labute approximate surface area is 306 Å². The van der Waals surface area contributed by atoms with Crippen molar-refractivity contribution in [3.8, 4) is 51.4 Å². The van der Waals surface area contributed by atoms with Crippen LogP contribution >= 0.6 is 0 Å². The van der Waals surface area contributed by atoms with E-state index < -0.39 is 0 Å². The first-order chi connectivity index (χ1) is 25.5. The largest absolute Gasteiger partial charge is 0.208 e. The lowest BCUT2D eigenvalue weighted by atomic mass is 9.54. The summed E-state index contributed by atoms with van der Waals surface area (Å²) in [6.45, 7) is 4.87. The van der Waals surface area contributed by atoms with Gasteiger partial charge in [-0.15, -0.1) is 0 Å². The van der Waals surface area contributed by atoms with Crippen molar-refractivity contribution in [2.24, 2.45) is 17.8 Å². The summed E-state index contributed by atoms with van der Waals surface area (Å²) in [4.78, 5) is 14.8. The smallest absolute Gasteiger partial charge is 0.164 e. The number of nitriles is 1. The van der Waals surface area contributed by atoms with Gasteiger partial charge in [-0.05, 0) is 130 Å². The first-order valence-electron chi connectivity index (χ1n) is 18.9. The van der Waals surface area contributed by atoms with E-state index in [-0.39, 0.29) is 0 Å². The first-order valence-corrected chi connectivity index (χ1v) is 18.9. The van der Waals surface area contributed by atoms with Gasteiger partial charge in [0, 0.05) is 16.7 Å². The molecular formula is C48H42N4. The maximum absolute atomic E-state index is 9.35. The van der Waals surface area contributed by atoms with E-state index in [9.17, 15) is 5.26 Å². The highest BCUT2D eigenvalue weighted by Crippen LogP contribution is 2.55. The predicted molar refractivity (Wildman–Crippen MR) is 212 cm³/mol. The van der Waals surface area contributed by atoms with Crippen molar-refractivity contribution < 1.29 is 0 Å². The fraction of sp³-hybridized carbons (Fsp3) is 0.250. The number of aromatic nitrogens is 3. The molecule has 7 aromatic rings. The van der Waals surface area contributed by atoms with Gasteiger partial charge in [0.2, 0.25) is 0 Å². The van der Waals surface area contributed by atoms with Crippen LogP contribution in [-0.4, -0.2) is 15.0 Å². The third-order valence-electron chi connectivity index (χ3n) is 11.9. The molecule has 2 saturated carbocycles.